The maximum Gasteiger partial charge on any atom is 0.153 e. The molecule has 2 aromatic rings. The average molecular weight is 299 g/mol. The van der Waals surface area contributed by atoms with Crippen LogP contribution in [0.2, 0.25) is 10.0 Å². The summed E-state index contributed by atoms with van der Waals surface area (Å²) in [4.78, 5) is 15.1. The van der Waals surface area contributed by atoms with E-state index in [2.05, 4.69) is 4.98 Å². The molecule has 0 aliphatic rings. The number of benzene rings is 1. The molecule has 0 radical (unpaired) electrons. The normalized spacial score (nSPS) is 10.5. The second-order valence-corrected chi connectivity index (χ2v) is 4.78. The molecule has 4 nitrogen and oxygen atoms in total. The van der Waals surface area contributed by atoms with E-state index in [4.69, 9.17) is 27.9 Å². The van der Waals surface area contributed by atoms with Crippen molar-refractivity contribution in [2.75, 3.05) is 6.61 Å². The second-order valence-electron chi connectivity index (χ2n) is 3.94. The van der Waals surface area contributed by atoms with Gasteiger partial charge in [-0.05, 0) is 19.1 Å². The van der Waals surface area contributed by atoms with Crippen molar-refractivity contribution in [3.8, 4) is 5.75 Å². The fraction of sp³-hybridized carbons (Fsp3) is 0.231. The Balaban J connectivity index is 2.07. The van der Waals surface area contributed by atoms with Crippen LogP contribution in [0.4, 0.5) is 0 Å². The number of carbonyl (C=O) groups is 1. The summed E-state index contributed by atoms with van der Waals surface area (Å²) in [5.41, 5.74) is 0.347. The summed E-state index contributed by atoms with van der Waals surface area (Å²) in [5, 5.41) is 0.738. The minimum Gasteiger partial charge on any atom is -0.489 e. The van der Waals surface area contributed by atoms with Crippen molar-refractivity contribution < 1.29 is 9.53 Å². The van der Waals surface area contributed by atoms with Gasteiger partial charge in [-0.3, -0.25) is 4.79 Å². The zero-order valence-corrected chi connectivity index (χ0v) is 11.8. The molecule has 0 aliphatic heterocycles. The lowest BCUT2D eigenvalue weighted by atomic mass is 10.2. The van der Waals surface area contributed by atoms with Crippen LogP contribution in [-0.4, -0.2) is 22.4 Å². The van der Waals surface area contributed by atoms with Crippen molar-refractivity contribution in [1.82, 2.24) is 9.55 Å². The molecule has 19 heavy (non-hydrogen) atoms. The number of rotatable bonds is 5. The molecule has 100 valence electrons. The molecule has 0 atom stereocenters. The summed E-state index contributed by atoms with van der Waals surface area (Å²) in [5.74, 6) is 1.26. The van der Waals surface area contributed by atoms with Gasteiger partial charge in [-0.15, -0.1) is 0 Å². The number of aryl methyl sites for hydroxylation is 1. The van der Waals surface area contributed by atoms with Crippen molar-refractivity contribution >= 4 is 29.5 Å². The minimum absolute atomic E-state index is 0.331. The molecule has 0 saturated carbocycles. The van der Waals surface area contributed by atoms with Gasteiger partial charge in [0.2, 0.25) is 0 Å². The van der Waals surface area contributed by atoms with E-state index in [1.165, 1.54) is 6.07 Å². The smallest absolute Gasteiger partial charge is 0.153 e. The fourth-order valence-corrected chi connectivity index (χ4v) is 2.27. The number of ether oxygens (including phenoxy) is 1. The van der Waals surface area contributed by atoms with Crippen LogP contribution in [-0.2, 0) is 6.54 Å². The van der Waals surface area contributed by atoms with E-state index in [-0.39, 0.29) is 0 Å². The Bertz CT molecular complexity index is 596. The second kappa shape index (κ2) is 6.08. The van der Waals surface area contributed by atoms with Gasteiger partial charge in [0, 0.05) is 17.4 Å². The highest BCUT2D eigenvalue weighted by molar-refractivity contribution is 6.36. The van der Waals surface area contributed by atoms with E-state index in [1.807, 2.05) is 17.7 Å². The molecule has 0 N–H and O–H groups in total. The van der Waals surface area contributed by atoms with E-state index < -0.39 is 0 Å². The summed E-state index contributed by atoms with van der Waals surface area (Å²) >= 11 is 11.8. The molecule has 1 heterocycles. The summed E-state index contributed by atoms with van der Waals surface area (Å²) < 4.78 is 7.52. The largest absolute Gasteiger partial charge is 0.489 e. The quantitative estimate of drug-likeness (QED) is 0.795. The summed E-state index contributed by atoms with van der Waals surface area (Å²) in [6.07, 6.45) is 4.26. The number of nitrogens with zero attached hydrogens (tertiary/aromatic N) is 2. The van der Waals surface area contributed by atoms with Crippen molar-refractivity contribution in [1.29, 1.82) is 0 Å². The van der Waals surface area contributed by atoms with Gasteiger partial charge in [0.05, 0.1) is 17.1 Å². The third kappa shape index (κ3) is 3.28. The van der Waals surface area contributed by atoms with Gasteiger partial charge in [0.25, 0.3) is 0 Å². The van der Waals surface area contributed by atoms with Crippen LogP contribution in [0.25, 0.3) is 0 Å². The van der Waals surface area contributed by atoms with E-state index in [1.54, 1.807) is 12.3 Å². The van der Waals surface area contributed by atoms with Crippen molar-refractivity contribution in [2.24, 2.45) is 0 Å². The summed E-state index contributed by atoms with van der Waals surface area (Å²) in [7, 11) is 0. The Kier molecular flexibility index (Phi) is 4.45. The van der Waals surface area contributed by atoms with Crippen molar-refractivity contribution in [3.63, 3.8) is 0 Å². The Morgan fingerprint density at radius 2 is 2.21 bits per heavy atom. The molecule has 1 aromatic carbocycles. The Labute approximate surface area is 120 Å². The lowest BCUT2D eigenvalue weighted by Crippen LogP contribution is -2.10. The van der Waals surface area contributed by atoms with Crippen molar-refractivity contribution in [2.45, 2.75) is 13.5 Å². The molecule has 0 spiro atoms. The van der Waals surface area contributed by atoms with Gasteiger partial charge in [-0.25, -0.2) is 4.98 Å². The molecule has 6 heteroatoms. The van der Waals surface area contributed by atoms with Crippen molar-refractivity contribution in [3.05, 3.63) is 46.0 Å². The van der Waals surface area contributed by atoms with Gasteiger partial charge in [0.15, 0.2) is 6.29 Å². The molecule has 0 bridgehead atoms. The number of hydrogen-bond donors (Lipinski definition) is 0. The molecular formula is C13H12Cl2N2O2. The van der Waals surface area contributed by atoms with Crippen LogP contribution < -0.4 is 4.74 Å². The number of aromatic nitrogens is 2. The van der Waals surface area contributed by atoms with Crippen LogP contribution >= 0.6 is 23.2 Å². The molecule has 0 aliphatic carbocycles. The zero-order chi connectivity index (χ0) is 13.8. The van der Waals surface area contributed by atoms with Gasteiger partial charge in [0.1, 0.15) is 18.2 Å². The van der Waals surface area contributed by atoms with Crippen LogP contribution in [0.15, 0.2) is 24.5 Å². The summed E-state index contributed by atoms with van der Waals surface area (Å²) in [6.45, 7) is 2.93. The molecule has 0 unspecified atom stereocenters. The molecule has 2 rings (SSSR count). The van der Waals surface area contributed by atoms with E-state index >= 15 is 0 Å². The maximum absolute atomic E-state index is 11.0. The predicted octanol–water partition coefficient (Wildman–Crippen LogP) is 3.39. The highest BCUT2D eigenvalue weighted by Crippen LogP contribution is 2.31. The molecular weight excluding hydrogens is 287 g/mol. The predicted molar refractivity (Wildman–Crippen MR) is 74.3 cm³/mol. The van der Waals surface area contributed by atoms with E-state index in [9.17, 15) is 4.79 Å². The number of aldehydes is 1. The van der Waals surface area contributed by atoms with Gasteiger partial charge in [-0.2, -0.15) is 0 Å². The molecule has 0 amide bonds. The highest BCUT2D eigenvalue weighted by Gasteiger charge is 2.10. The van der Waals surface area contributed by atoms with Gasteiger partial charge in [-0.1, -0.05) is 23.2 Å². The molecule has 0 saturated heterocycles. The first-order valence-electron chi connectivity index (χ1n) is 5.66. The Morgan fingerprint density at radius 1 is 1.42 bits per heavy atom. The first-order valence-corrected chi connectivity index (χ1v) is 6.42. The van der Waals surface area contributed by atoms with Gasteiger partial charge >= 0.3 is 0 Å². The fourth-order valence-electron chi connectivity index (χ4n) is 1.71. The first kappa shape index (κ1) is 13.9. The lowest BCUT2D eigenvalue weighted by molar-refractivity contribution is 0.111. The topological polar surface area (TPSA) is 44.1 Å². The third-order valence-corrected chi connectivity index (χ3v) is 3.17. The number of carbonyl (C=O) groups excluding carboxylic acids is 1. The first-order chi connectivity index (χ1) is 9.11. The minimum atomic E-state index is 0.331. The van der Waals surface area contributed by atoms with E-state index in [0.29, 0.717) is 40.8 Å². The maximum atomic E-state index is 11.0. The number of imidazole rings is 1. The standard InChI is InChI=1S/C13H12Cl2N2O2/c1-9-16-2-3-17(9)4-5-19-13-10(8-18)6-11(14)7-12(13)15/h2-3,6-8H,4-5H2,1H3. The molecule has 1 aromatic heterocycles. The lowest BCUT2D eigenvalue weighted by Gasteiger charge is -2.11. The third-order valence-electron chi connectivity index (χ3n) is 2.67. The Morgan fingerprint density at radius 3 is 2.84 bits per heavy atom. The SMILES string of the molecule is Cc1nccn1CCOc1c(Cl)cc(Cl)cc1C=O. The van der Waals surface area contributed by atoms with Crippen LogP contribution in [0.3, 0.4) is 0 Å². The monoisotopic (exact) mass is 298 g/mol. The van der Waals surface area contributed by atoms with Crippen LogP contribution in [0.1, 0.15) is 16.2 Å². The highest BCUT2D eigenvalue weighted by atomic mass is 35.5. The Hall–Kier alpha value is -1.52. The molecule has 0 fully saturated rings. The van der Waals surface area contributed by atoms with Crippen LogP contribution in [0, 0.1) is 6.92 Å². The number of halogens is 2. The summed E-state index contributed by atoms with van der Waals surface area (Å²) in [6, 6.07) is 3.08. The zero-order valence-electron chi connectivity index (χ0n) is 10.3. The van der Waals surface area contributed by atoms with Gasteiger partial charge < -0.3 is 9.30 Å². The van der Waals surface area contributed by atoms with Crippen LogP contribution in [0.5, 0.6) is 5.75 Å². The average Bonchev–Trinajstić information content (AvgIpc) is 2.77. The van der Waals surface area contributed by atoms with E-state index in [0.717, 1.165) is 5.82 Å². The number of hydrogen-bond acceptors (Lipinski definition) is 3.